The summed E-state index contributed by atoms with van der Waals surface area (Å²) in [6.45, 7) is 1.86. The molecule has 124 valence electrons. The van der Waals surface area contributed by atoms with Gasteiger partial charge < -0.3 is 4.74 Å². The molecule has 1 aromatic carbocycles. The Morgan fingerprint density at radius 2 is 2.21 bits per heavy atom. The van der Waals surface area contributed by atoms with Crippen molar-refractivity contribution in [1.82, 2.24) is 14.6 Å². The van der Waals surface area contributed by atoms with Crippen LogP contribution in [0, 0.1) is 5.82 Å². The predicted octanol–water partition coefficient (Wildman–Crippen LogP) is 2.60. The Morgan fingerprint density at radius 3 is 2.96 bits per heavy atom. The fraction of sp³-hybridized carbons (Fsp3) is 0.250. The summed E-state index contributed by atoms with van der Waals surface area (Å²) in [5.74, 6) is -1.19. The van der Waals surface area contributed by atoms with E-state index in [0.29, 0.717) is 10.7 Å². The van der Waals surface area contributed by atoms with Gasteiger partial charge in [-0.25, -0.2) is 14.2 Å². The fourth-order valence-corrected chi connectivity index (χ4v) is 3.14. The highest BCUT2D eigenvalue weighted by Crippen LogP contribution is 2.14. The number of nitrogens with zero attached hydrogens (tertiary/aromatic N) is 3. The molecule has 0 fully saturated rings. The van der Waals surface area contributed by atoms with Crippen molar-refractivity contribution in [3.63, 3.8) is 0 Å². The van der Waals surface area contributed by atoms with Crippen LogP contribution >= 0.6 is 11.3 Å². The van der Waals surface area contributed by atoms with Crippen molar-refractivity contribution in [2.75, 3.05) is 0 Å². The van der Waals surface area contributed by atoms with Crippen molar-refractivity contribution in [3.8, 4) is 0 Å². The van der Waals surface area contributed by atoms with Gasteiger partial charge in [0.2, 0.25) is 4.96 Å². The first-order valence-corrected chi connectivity index (χ1v) is 8.20. The van der Waals surface area contributed by atoms with Crippen LogP contribution in [0.15, 0.2) is 35.1 Å². The maximum atomic E-state index is 13.1. The van der Waals surface area contributed by atoms with Gasteiger partial charge in [0.05, 0.1) is 11.3 Å². The molecule has 0 amide bonds. The fourth-order valence-electron chi connectivity index (χ4n) is 2.12. The number of halogens is 1. The minimum absolute atomic E-state index is 0.107. The molecule has 0 N–H and O–H groups in total. The summed E-state index contributed by atoms with van der Waals surface area (Å²) in [6.07, 6.45) is 1.70. The van der Waals surface area contributed by atoms with Gasteiger partial charge in [0.1, 0.15) is 17.4 Å². The van der Waals surface area contributed by atoms with Crippen LogP contribution in [-0.2, 0) is 17.8 Å². The molecule has 0 saturated heterocycles. The van der Waals surface area contributed by atoms with E-state index >= 15 is 0 Å². The van der Waals surface area contributed by atoms with Gasteiger partial charge in [-0.05, 0) is 24.6 Å². The molecule has 0 radical (unpaired) electrons. The third-order valence-corrected chi connectivity index (χ3v) is 4.18. The van der Waals surface area contributed by atoms with Crippen molar-refractivity contribution in [1.29, 1.82) is 0 Å². The van der Waals surface area contributed by atoms with E-state index in [1.807, 2.05) is 6.92 Å². The van der Waals surface area contributed by atoms with Crippen LogP contribution < -0.4 is 5.56 Å². The smallest absolute Gasteiger partial charge is 0.338 e. The van der Waals surface area contributed by atoms with Crippen LogP contribution in [0.5, 0.6) is 0 Å². The predicted molar refractivity (Wildman–Crippen MR) is 86.6 cm³/mol. The molecule has 0 atom stereocenters. The molecule has 3 rings (SSSR count). The second-order valence-electron chi connectivity index (χ2n) is 5.11. The Hall–Kier alpha value is -2.61. The van der Waals surface area contributed by atoms with Crippen molar-refractivity contribution >= 4 is 22.3 Å². The Kier molecular flexibility index (Phi) is 4.66. The third kappa shape index (κ3) is 3.48. The molecule has 2 aromatic heterocycles. The van der Waals surface area contributed by atoms with E-state index < -0.39 is 11.8 Å². The number of benzene rings is 1. The SMILES string of the molecule is CCCc1nn2c(=O)cc(COC(=O)c3cccc(F)c3)nc2s1. The van der Waals surface area contributed by atoms with E-state index in [0.717, 1.165) is 23.9 Å². The van der Waals surface area contributed by atoms with E-state index in [1.54, 1.807) is 0 Å². The normalized spacial score (nSPS) is 10.9. The molecule has 3 aromatic rings. The number of carbonyl (C=O) groups excluding carboxylic acids is 1. The molecule has 0 spiro atoms. The second kappa shape index (κ2) is 6.88. The van der Waals surface area contributed by atoms with Gasteiger partial charge in [0, 0.05) is 12.5 Å². The summed E-state index contributed by atoms with van der Waals surface area (Å²) in [6, 6.07) is 6.49. The van der Waals surface area contributed by atoms with Gasteiger partial charge >= 0.3 is 5.97 Å². The Morgan fingerprint density at radius 1 is 1.38 bits per heavy atom. The van der Waals surface area contributed by atoms with E-state index in [-0.39, 0.29) is 17.7 Å². The molecule has 24 heavy (non-hydrogen) atoms. The highest BCUT2D eigenvalue weighted by atomic mass is 32.1. The average molecular weight is 347 g/mol. The first-order valence-electron chi connectivity index (χ1n) is 7.38. The standard InChI is InChI=1S/C16H14FN3O3S/c1-2-4-13-19-20-14(21)8-12(18-16(20)24-13)9-23-15(22)10-5-3-6-11(17)7-10/h3,5-8H,2,4,9H2,1H3. The monoisotopic (exact) mass is 347 g/mol. The van der Waals surface area contributed by atoms with Gasteiger partial charge in [0.15, 0.2) is 0 Å². The van der Waals surface area contributed by atoms with E-state index in [4.69, 9.17) is 4.74 Å². The molecule has 0 saturated carbocycles. The number of rotatable bonds is 5. The number of hydrogen-bond donors (Lipinski definition) is 0. The highest BCUT2D eigenvalue weighted by Gasteiger charge is 2.12. The quantitative estimate of drug-likeness (QED) is 0.663. The lowest BCUT2D eigenvalue weighted by Gasteiger charge is -2.04. The zero-order valence-electron chi connectivity index (χ0n) is 12.9. The van der Waals surface area contributed by atoms with Crippen LogP contribution in [0.25, 0.3) is 4.96 Å². The molecule has 0 bridgehead atoms. The number of aromatic nitrogens is 3. The minimum Gasteiger partial charge on any atom is -0.456 e. The van der Waals surface area contributed by atoms with Crippen LogP contribution in [0.3, 0.4) is 0 Å². The average Bonchev–Trinajstić information content (AvgIpc) is 2.96. The van der Waals surface area contributed by atoms with Crippen molar-refractivity contribution in [2.45, 2.75) is 26.4 Å². The topological polar surface area (TPSA) is 73.6 Å². The molecule has 0 aliphatic heterocycles. The number of aryl methyl sites for hydroxylation is 1. The molecular formula is C16H14FN3O3S. The molecule has 6 nitrogen and oxygen atoms in total. The number of hydrogen-bond acceptors (Lipinski definition) is 6. The summed E-state index contributed by atoms with van der Waals surface area (Å²) < 4.78 is 19.5. The molecule has 0 unspecified atom stereocenters. The van der Waals surface area contributed by atoms with Gasteiger partial charge in [-0.1, -0.05) is 24.3 Å². The first-order chi connectivity index (χ1) is 11.6. The van der Waals surface area contributed by atoms with Gasteiger partial charge in [-0.15, -0.1) is 0 Å². The largest absolute Gasteiger partial charge is 0.456 e. The summed E-state index contributed by atoms with van der Waals surface area (Å²) >= 11 is 1.33. The maximum Gasteiger partial charge on any atom is 0.338 e. The molecule has 0 aliphatic rings. The Bertz CT molecular complexity index is 951. The van der Waals surface area contributed by atoms with Gasteiger partial charge in [-0.2, -0.15) is 9.61 Å². The van der Waals surface area contributed by atoms with Gasteiger partial charge in [0.25, 0.3) is 5.56 Å². The van der Waals surface area contributed by atoms with Gasteiger partial charge in [-0.3, -0.25) is 4.79 Å². The number of esters is 1. The van der Waals surface area contributed by atoms with Crippen molar-refractivity contribution in [3.05, 3.63) is 62.8 Å². The highest BCUT2D eigenvalue weighted by molar-refractivity contribution is 7.16. The second-order valence-corrected chi connectivity index (χ2v) is 6.15. The molecule has 0 aliphatic carbocycles. The third-order valence-electron chi connectivity index (χ3n) is 3.22. The lowest BCUT2D eigenvalue weighted by molar-refractivity contribution is 0.0467. The number of ether oxygens (including phenoxy) is 1. The lowest BCUT2D eigenvalue weighted by Crippen LogP contribution is -2.16. The molecule has 2 heterocycles. The number of carbonyl (C=O) groups is 1. The Balaban J connectivity index is 1.77. The number of fused-ring (bicyclic) bond motifs is 1. The molecule has 8 heteroatoms. The maximum absolute atomic E-state index is 13.1. The van der Waals surface area contributed by atoms with E-state index in [9.17, 15) is 14.0 Å². The Labute approximate surface area is 140 Å². The van der Waals surface area contributed by atoms with E-state index in [2.05, 4.69) is 10.1 Å². The van der Waals surface area contributed by atoms with Crippen LogP contribution in [0.2, 0.25) is 0 Å². The summed E-state index contributed by atoms with van der Waals surface area (Å²) in [5.41, 5.74) is 0.114. The van der Waals surface area contributed by atoms with E-state index in [1.165, 1.54) is 40.1 Å². The van der Waals surface area contributed by atoms with Crippen LogP contribution in [0.4, 0.5) is 4.39 Å². The zero-order chi connectivity index (χ0) is 17.1. The van der Waals surface area contributed by atoms with Crippen LogP contribution in [0.1, 0.15) is 34.4 Å². The summed E-state index contributed by atoms with van der Waals surface area (Å²) in [4.78, 5) is 28.7. The minimum atomic E-state index is -0.674. The summed E-state index contributed by atoms with van der Waals surface area (Å²) in [7, 11) is 0. The molecular weight excluding hydrogens is 333 g/mol. The van der Waals surface area contributed by atoms with Crippen molar-refractivity contribution < 1.29 is 13.9 Å². The zero-order valence-corrected chi connectivity index (χ0v) is 13.7. The first kappa shape index (κ1) is 16.3. The summed E-state index contributed by atoms with van der Waals surface area (Å²) in [5, 5.41) is 5.04. The van der Waals surface area contributed by atoms with Crippen LogP contribution in [-0.4, -0.2) is 20.6 Å². The van der Waals surface area contributed by atoms with Crippen molar-refractivity contribution in [2.24, 2.45) is 0 Å². The lowest BCUT2D eigenvalue weighted by atomic mass is 10.2.